The number of nitrogens with zero attached hydrogens (tertiary/aromatic N) is 1. The van der Waals surface area contributed by atoms with Crippen molar-refractivity contribution in [3.05, 3.63) is 0 Å². The average molecular weight is 245 g/mol. The second-order valence-corrected chi connectivity index (χ2v) is 6.71. The van der Waals surface area contributed by atoms with Crippen molar-refractivity contribution in [2.24, 2.45) is 4.99 Å². The Labute approximate surface area is 96.6 Å². The van der Waals surface area contributed by atoms with Crippen LogP contribution in [0.5, 0.6) is 0 Å². The quantitative estimate of drug-likeness (QED) is 0.538. The van der Waals surface area contributed by atoms with Crippen LogP contribution in [0.15, 0.2) is 4.99 Å². The zero-order chi connectivity index (χ0) is 11.6. The monoisotopic (exact) mass is 245 g/mol. The zero-order valence-electron chi connectivity index (χ0n) is 9.57. The van der Waals surface area contributed by atoms with E-state index in [1.807, 2.05) is 6.92 Å². The van der Waals surface area contributed by atoms with Crippen molar-refractivity contribution in [1.82, 2.24) is 10.6 Å². The molecule has 6 heteroatoms. The van der Waals surface area contributed by atoms with Gasteiger partial charge in [-0.05, 0) is 26.2 Å². The molecule has 2 N–H and O–H groups in total. The van der Waals surface area contributed by atoms with Crippen LogP contribution in [0.3, 0.4) is 0 Å². The molecule has 16 heavy (non-hydrogen) atoms. The van der Waals surface area contributed by atoms with Crippen molar-refractivity contribution < 1.29 is 8.42 Å². The van der Waals surface area contributed by atoms with Gasteiger partial charge in [0.05, 0.1) is 11.5 Å². The fourth-order valence-electron chi connectivity index (χ4n) is 1.81. The maximum atomic E-state index is 11.3. The van der Waals surface area contributed by atoms with E-state index in [2.05, 4.69) is 15.6 Å². The van der Waals surface area contributed by atoms with E-state index >= 15 is 0 Å². The third-order valence-corrected chi connectivity index (χ3v) is 4.58. The molecule has 0 aromatic carbocycles. The number of rotatable bonds is 3. The minimum Gasteiger partial charge on any atom is -0.354 e. The summed E-state index contributed by atoms with van der Waals surface area (Å²) >= 11 is 0. The topological polar surface area (TPSA) is 70.6 Å². The molecule has 1 saturated carbocycles. The van der Waals surface area contributed by atoms with Gasteiger partial charge in [-0.1, -0.05) is 0 Å². The van der Waals surface area contributed by atoms with Gasteiger partial charge in [-0.3, -0.25) is 4.99 Å². The summed E-state index contributed by atoms with van der Waals surface area (Å²) in [5.74, 6) is 1.31. The molecular formula is C10H19N3O2S. The highest BCUT2D eigenvalue weighted by Gasteiger charge is 2.29. The van der Waals surface area contributed by atoms with Crippen LogP contribution in [0.25, 0.3) is 0 Å². The predicted octanol–water partition coefficient (Wildman–Crippen LogP) is -0.109. The van der Waals surface area contributed by atoms with E-state index in [1.54, 1.807) is 0 Å². The first-order chi connectivity index (χ1) is 7.59. The van der Waals surface area contributed by atoms with Gasteiger partial charge < -0.3 is 10.6 Å². The lowest BCUT2D eigenvalue weighted by Crippen LogP contribution is -2.44. The maximum Gasteiger partial charge on any atom is 0.191 e. The third kappa shape index (κ3) is 3.37. The average Bonchev–Trinajstić information content (AvgIpc) is 2.92. The van der Waals surface area contributed by atoms with E-state index in [1.165, 1.54) is 12.8 Å². The van der Waals surface area contributed by atoms with Crippen molar-refractivity contribution >= 4 is 15.8 Å². The molecule has 5 nitrogen and oxygen atoms in total. The molecule has 2 aliphatic rings. The fourth-order valence-corrected chi connectivity index (χ4v) is 3.49. The molecule has 1 saturated heterocycles. The molecular weight excluding hydrogens is 226 g/mol. The number of sulfone groups is 1. The van der Waals surface area contributed by atoms with Crippen LogP contribution in [0.4, 0.5) is 0 Å². The van der Waals surface area contributed by atoms with Crippen LogP contribution in [-0.2, 0) is 9.84 Å². The van der Waals surface area contributed by atoms with Crippen LogP contribution < -0.4 is 10.6 Å². The summed E-state index contributed by atoms with van der Waals surface area (Å²) in [5.41, 5.74) is 0. The Morgan fingerprint density at radius 3 is 2.44 bits per heavy atom. The van der Waals surface area contributed by atoms with Gasteiger partial charge in [0.15, 0.2) is 15.8 Å². The van der Waals surface area contributed by atoms with Gasteiger partial charge in [-0.15, -0.1) is 0 Å². The van der Waals surface area contributed by atoms with Crippen molar-refractivity contribution in [3.8, 4) is 0 Å². The lowest BCUT2D eigenvalue weighted by atomic mass is 10.3. The second-order valence-electron chi connectivity index (χ2n) is 4.49. The third-order valence-electron chi connectivity index (χ3n) is 2.81. The summed E-state index contributed by atoms with van der Waals surface area (Å²) in [7, 11) is -2.81. The molecule has 0 bridgehead atoms. The van der Waals surface area contributed by atoms with Crippen LogP contribution in [0, 0.1) is 0 Å². The standard InChI is InChI=1S/C10H19N3O2S/c1-2-11-10(12-8-3-4-8)13-9-5-6-16(14,15)7-9/h8-9H,2-7H2,1H3,(H2,11,12,13). The molecule has 2 rings (SSSR count). The summed E-state index contributed by atoms with van der Waals surface area (Å²) in [5, 5.41) is 6.49. The maximum absolute atomic E-state index is 11.3. The summed E-state index contributed by atoms with van der Waals surface area (Å²) in [6, 6.07) is 0.567. The minimum atomic E-state index is -2.81. The molecule has 1 aliphatic carbocycles. The van der Waals surface area contributed by atoms with Gasteiger partial charge in [-0.2, -0.15) is 0 Å². The van der Waals surface area contributed by atoms with Gasteiger partial charge in [0, 0.05) is 18.6 Å². The van der Waals surface area contributed by atoms with Crippen molar-refractivity contribution in [2.75, 3.05) is 18.1 Å². The normalized spacial score (nSPS) is 29.1. The molecule has 1 unspecified atom stereocenters. The molecule has 0 aromatic rings. The van der Waals surface area contributed by atoms with E-state index in [-0.39, 0.29) is 11.8 Å². The Kier molecular flexibility index (Phi) is 3.37. The van der Waals surface area contributed by atoms with Crippen molar-refractivity contribution in [3.63, 3.8) is 0 Å². The predicted molar refractivity (Wildman–Crippen MR) is 64.3 cm³/mol. The number of aliphatic imine (C=N–C) groups is 1. The number of hydrogen-bond donors (Lipinski definition) is 2. The summed E-state index contributed by atoms with van der Waals surface area (Å²) < 4.78 is 22.6. The number of guanidine groups is 1. The first-order valence-electron chi connectivity index (χ1n) is 5.87. The van der Waals surface area contributed by atoms with E-state index in [0.29, 0.717) is 24.8 Å². The lowest BCUT2D eigenvalue weighted by Gasteiger charge is -2.15. The molecule has 0 radical (unpaired) electrons. The highest BCUT2D eigenvalue weighted by atomic mass is 32.2. The Bertz CT molecular complexity index is 374. The summed E-state index contributed by atoms with van der Waals surface area (Å²) in [6.07, 6.45) is 3.07. The Morgan fingerprint density at radius 2 is 1.94 bits per heavy atom. The van der Waals surface area contributed by atoms with Gasteiger partial charge >= 0.3 is 0 Å². The number of hydrogen-bond acceptors (Lipinski definition) is 3. The minimum absolute atomic E-state index is 0.0292. The van der Waals surface area contributed by atoms with Crippen molar-refractivity contribution in [2.45, 2.75) is 38.3 Å². The van der Waals surface area contributed by atoms with Gasteiger partial charge in [-0.25, -0.2) is 8.42 Å². The lowest BCUT2D eigenvalue weighted by molar-refractivity contribution is 0.599. The number of nitrogens with one attached hydrogen (secondary N) is 2. The smallest absolute Gasteiger partial charge is 0.191 e. The van der Waals surface area contributed by atoms with E-state index in [0.717, 1.165) is 5.96 Å². The molecule has 92 valence electrons. The highest BCUT2D eigenvalue weighted by Crippen LogP contribution is 2.18. The molecule has 1 aliphatic heterocycles. The Morgan fingerprint density at radius 1 is 1.25 bits per heavy atom. The van der Waals surface area contributed by atoms with Gasteiger partial charge in [0.1, 0.15) is 0 Å². The fraction of sp³-hybridized carbons (Fsp3) is 0.900. The molecule has 0 amide bonds. The highest BCUT2D eigenvalue weighted by molar-refractivity contribution is 7.91. The van der Waals surface area contributed by atoms with E-state index < -0.39 is 9.84 Å². The van der Waals surface area contributed by atoms with Crippen LogP contribution in [0.1, 0.15) is 26.2 Å². The molecule has 1 heterocycles. The largest absolute Gasteiger partial charge is 0.354 e. The molecule has 2 fully saturated rings. The zero-order valence-corrected chi connectivity index (χ0v) is 10.4. The van der Waals surface area contributed by atoms with Crippen LogP contribution in [-0.4, -0.2) is 44.5 Å². The summed E-state index contributed by atoms with van der Waals surface area (Å²) in [4.78, 5) is 4.32. The first-order valence-corrected chi connectivity index (χ1v) is 7.69. The van der Waals surface area contributed by atoms with Gasteiger partial charge in [0.25, 0.3) is 0 Å². The van der Waals surface area contributed by atoms with Gasteiger partial charge in [0.2, 0.25) is 0 Å². The second kappa shape index (κ2) is 4.61. The SMILES string of the molecule is CCN=C(NC1CC1)NC1CCS(=O)(=O)C1. The summed E-state index contributed by atoms with van der Waals surface area (Å²) in [6.45, 7) is 2.68. The van der Waals surface area contributed by atoms with Crippen LogP contribution in [0.2, 0.25) is 0 Å². The van der Waals surface area contributed by atoms with Crippen LogP contribution >= 0.6 is 0 Å². The molecule has 1 atom stereocenters. The Hall–Kier alpha value is -0.780. The molecule has 0 aromatic heterocycles. The van der Waals surface area contributed by atoms with E-state index in [9.17, 15) is 8.42 Å². The van der Waals surface area contributed by atoms with Crippen molar-refractivity contribution in [1.29, 1.82) is 0 Å². The Balaban J connectivity index is 1.88. The molecule has 0 spiro atoms. The first kappa shape index (κ1) is 11.7. The van der Waals surface area contributed by atoms with E-state index in [4.69, 9.17) is 0 Å².